The van der Waals surface area contributed by atoms with Crippen LogP contribution in [0.4, 0.5) is 0 Å². The second kappa shape index (κ2) is 9.47. The average molecular weight is 524 g/mol. The number of fused-ring (bicyclic) bond motifs is 1. The first kappa shape index (κ1) is 19.3. The molecule has 2 heterocycles. The number of hydrogen-bond donors (Lipinski definition) is 2. The van der Waals surface area contributed by atoms with Gasteiger partial charge in [0.25, 0.3) is 0 Å². The normalized spacial score (nSPS) is 12.7. The van der Waals surface area contributed by atoms with Crippen molar-refractivity contribution in [2.45, 2.75) is 13.0 Å². The van der Waals surface area contributed by atoms with Gasteiger partial charge in [-0.3, -0.25) is 4.99 Å². The van der Waals surface area contributed by atoms with E-state index < -0.39 is 0 Å². The lowest BCUT2D eigenvalue weighted by atomic mass is 10.1. The summed E-state index contributed by atoms with van der Waals surface area (Å²) in [5.74, 6) is 2.45. The van der Waals surface area contributed by atoms with Crippen molar-refractivity contribution in [2.75, 3.05) is 20.4 Å². The van der Waals surface area contributed by atoms with Crippen LogP contribution < -0.4 is 20.1 Å². The zero-order valence-corrected chi connectivity index (χ0v) is 17.9. The lowest BCUT2D eigenvalue weighted by Crippen LogP contribution is -2.37. The van der Waals surface area contributed by atoms with E-state index in [9.17, 15) is 0 Å². The van der Waals surface area contributed by atoms with Gasteiger partial charge >= 0.3 is 0 Å². The molecule has 0 amide bonds. The Labute approximate surface area is 171 Å². The highest BCUT2D eigenvalue weighted by Gasteiger charge is 2.12. The molecule has 0 fully saturated rings. The Morgan fingerprint density at radius 2 is 2.08 bits per heavy atom. The second-order valence-corrected chi connectivity index (χ2v) is 6.93. The molecule has 2 aromatic rings. The highest BCUT2D eigenvalue weighted by molar-refractivity contribution is 14.0. The van der Waals surface area contributed by atoms with Crippen molar-refractivity contribution in [1.29, 1.82) is 0 Å². The molecule has 0 atom stereocenters. The topological polar surface area (TPSA) is 54.9 Å². The van der Waals surface area contributed by atoms with Crippen molar-refractivity contribution < 1.29 is 9.47 Å². The summed E-state index contributed by atoms with van der Waals surface area (Å²) >= 11 is 5.18. The standard InChI is InChI=1S/C16H18BrN3O2S.HI/c1-18-16(20-8-13-7-12(17)9-23-13)19-5-4-11-2-3-14-15(6-11)22-10-21-14;/h2-3,6-7,9H,4-5,8,10H2,1H3,(H2,18,19,20);1H. The van der Waals surface area contributed by atoms with Crippen LogP contribution in [0.5, 0.6) is 11.5 Å². The summed E-state index contributed by atoms with van der Waals surface area (Å²) < 4.78 is 11.8. The molecule has 0 bridgehead atoms. The number of thiophene rings is 1. The summed E-state index contributed by atoms with van der Waals surface area (Å²) in [7, 11) is 1.78. The molecular weight excluding hydrogens is 505 g/mol. The van der Waals surface area contributed by atoms with Gasteiger partial charge in [0.2, 0.25) is 6.79 Å². The second-order valence-electron chi connectivity index (χ2n) is 5.02. The summed E-state index contributed by atoms with van der Waals surface area (Å²) in [6, 6.07) is 8.16. The van der Waals surface area contributed by atoms with Gasteiger partial charge in [-0.05, 0) is 46.1 Å². The number of nitrogens with one attached hydrogen (secondary N) is 2. The molecule has 5 nitrogen and oxygen atoms in total. The Hall–Kier alpha value is -1.000. The minimum atomic E-state index is 0. The third-order valence-corrected chi connectivity index (χ3v) is 5.12. The number of ether oxygens (including phenoxy) is 2. The summed E-state index contributed by atoms with van der Waals surface area (Å²) in [4.78, 5) is 5.50. The molecule has 1 aromatic carbocycles. The summed E-state index contributed by atoms with van der Waals surface area (Å²) in [6.45, 7) is 1.87. The number of nitrogens with zero attached hydrogens (tertiary/aromatic N) is 1. The monoisotopic (exact) mass is 523 g/mol. The van der Waals surface area contributed by atoms with Crippen LogP contribution in [0.15, 0.2) is 39.1 Å². The van der Waals surface area contributed by atoms with E-state index in [2.05, 4.69) is 49.1 Å². The number of guanidine groups is 1. The lowest BCUT2D eigenvalue weighted by molar-refractivity contribution is 0.174. The zero-order valence-electron chi connectivity index (χ0n) is 13.2. The Balaban J connectivity index is 0.00000208. The van der Waals surface area contributed by atoms with Gasteiger partial charge in [-0.15, -0.1) is 35.3 Å². The minimum Gasteiger partial charge on any atom is -0.454 e. The van der Waals surface area contributed by atoms with Crippen molar-refractivity contribution in [2.24, 2.45) is 4.99 Å². The van der Waals surface area contributed by atoms with Gasteiger partial charge in [-0.1, -0.05) is 6.07 Å². The summed E-state index contributed by atoms with van der Waals surface area (Å²) in [5, 5.41) is 8.71. The third-order valence-electron chi connectivity index (χ3n) is 3.42. The van der Waals surface area contributed by atoms with Crippen molar-refractivity contribution in [1.82, 2.24) is 10.6 Å². The highest BCUT2D eigenvalue weighted by atomic mass is 127. The molecule has 24 heavy (non-hydrogen) atoms. The van der Waals surface area contributed by atoms with Crippen LogP contribution in [0.25, 0.3) is 0 Å². The van der Waals surface area contributed by atoms with Crippen molar-refractivity contribution in [3.63, 3.8) is 0 Å². The quantitative estimate of drug-likeness (QED) is 0.356. The van der Waals surface area contributed by atoms with Crippen LogP contribution in [-0.2, 0) is 13.0 Å². The van der Waals surface area contributed by atoms with Gasteiger partial charge < -0.3 is 20.1 Å². The van der Waals surface area contributed by atoms with Crippen molar-refractivity contribution in [3.05, 3.63) is 44.6 Å². The molecule has 2 N–H and O–H groups in total. The molecule has 1 aliphatic rings. The molecular formula is C16H19BrIN3O2S. The maximum absolute atomic E-state index is 5.40. The van der Waals surface area contributed by atoms with Gasteiger partial charge in [-0.25, -0.2) is 0 Å². The zero-order chi connectivity index (χ0) is 16.1. The molecule has 0 unspecified atom stereocenters. The number of rotatable bonds is 5. The Bertz CT molecular complexity index is 708. The fourth-order valence-corrected chi connectivity index (χ4v) is 3.65. The molecule has 8 heteroatoms. The maximum atomic E-state index is 5.40. The smallest absolute Gasteiger partial charge is 0.231 e. The Morgan fingerprint density at radius 3 is 2.83 bits per heavy atom. The van der Waals surface area contributed by atoms with Gasteiger partial charge in [0.05, 0.1) is 6.54 Å². The number of hydrogen-bond acceptors (Lipinski definition) is 4. The fourth-order valence-electron chi connectivity index (χ4n) is 2.26. The minimum absolute atomic E-state index is 0. The first-order chi connectivity index (χ1) is 11.2. The largest absolute Gasteiger partial charge is 0.454 e. The van der Waals surface area contributed by atoms with Crippen LogP contribution in [-0.4, -0.2) is 26.3 Å². The van der Waals surface area contributed by atoms with E-state index in [1.165, 1.54) is 10.4 Å². The molecule has 1 aromatic heterocycles. The average Bonchev–Trinajstić information content (AvgIpc) is 3.18. The molecule has 0 radical (unpaired) electrons. The van der Waals surface area contributed by atoms with Crippen LogP contribution in [0.3, 0.4) is 0 Å². The van der Waals surface area contributed by atoms with Crippen molar-refractivity contribution >= 4 is 57.2 Å². The maximum Gasteiger partial charge on any atom is 0.231 e. The van der Waals surface area contributed by atoms with Crippen LogP contribution in [0, 0.1) is 0 Å². The fraction of sp³-hybridized carbons (Fsp3) is 0.312. The predicted molar refractivity (Wildman–Crippen MR) is 112 cm³/mol. The lowest BCUT2D eigenvalue weighted by Gasteiger charge is -2.11. The van der Waals surface area contributed by atoms with Crippen LogP contribution in [0.1, 0.15) is 10.4 Å². The summed E-state index contributed by atoms with van der Waals surface area (Å²) in [6.07, 6.45) is 0.891. The SMILES string of the molecule is CN=C(NCCc1ccc2c(c1)OCO2)NCc1cc(Br)cs1.I. The predicted octanol–water partition coefficient (Wildman–Crippen LogP) is 3.77. The number of benzene rings is 1. The molecule has 0 saturated carbocycles. The Kier molecular flexibility index (Phi) is 7.63. The van der Waals surface area contributed by atoms with E-state index in [4.69, 9.17) is 9.47 Å². The molecule has 3 rings (SSSR count). The van der Waals surface area contributed by atoms with Gasteiger partial charge in [0.15, 0.2) is 17.5 Å². The Morgan fingerprint density at radius 1 is 1.25 bits per heavy atom. The van der Waals surface area contributed by atoms with E-state index in [0.717, 1.165) is 41.4 Å². The van der Waals surface area contributed by atoms with Crippen molar-refractivity contribution in [3.8, 4) is 11.5 Å². The first-order valence-electron chi connectivity index (χ1n) is 7.30. The molecule has 0 saturated heterocycles. The van der Waals surface area contributed by atoms with E-state index in [0.29, 0.717) is 6.79 Å². The van der Waals surface area contributed by atoms with E-state index >= 15 is 0 Å². The van der Waals surface area contributed by atoms with Crippen LogP contribution in [0.2, 0.25) is 0 Å². The molecule has 1 aliphatic heterocycles. The van der Waals surface area contributed by atoms with E-state index in [1.54, 1.807) is 18.4 Å². The number of aliphatic imine (C=N–C) groups is 1. The summed E-state index contributed by atoms with van der Waals surface area (Å²) in [5.41, 5.74) is 1.21. The highest BCUT2D eigenvalue weighted by Crippen LogP contribution is 2.32. The molecule has 0 spiro atoms. The third kappa shape index (κ3) is 5.25. The number of halogens is 2. The molecule has 0 aliphatic carbocycles. The van der Waals surface area contributed by atoms with E-state index in [-0.39, 0.29) is 24.0 Å². The van der Waals surface area contributed by atoms with Gasteiger partial charge in [-0.2, -0.15) is 0 Å². The molecule has 130 valence electrons. The van der Waals surface area contributed by atoms with Gasteiger partial charge in [0, 0.05) is 28.3 Å². The van der Waals surface area contributed by atoms with E-state index in [1.807, 2.05) is 12.1 Å². The first-order valence-corrected chi connectivity index (χ1v) is 8.98. The van der Waals surface area contributed by atoms with Crippen LogP contribution >= 0.6 is 51.2 Å². The van der Waals surface area contributed by atoms with Gasteiger partial charge in [0.1, 0.15) is 0 Å².